The van der Waals surface area contributed by atoms with Gasteiger partial charge in [0.2, 0.25) is 0 Å². The quantitative estimate of drug-likeness (QED) is 0.841. The van der Waals surface area contributed by atoms with Crippen molar-refractivity contribution in [2.24, 2.45) is 17.1 Å². The number of hydrogen-bond donors (Lipinski definition) is 1. The lowest BCUT2D eigenvalue weighted by atomic mass is 9.85. The molecule has 4 atom stereocenters. The van der Waals surface area contributed by atoms with Gasteiger partial charge in [-0.25, -0.2) is 0 Å². The van der Waals surface area contributed by atoms with Crippen LogP contribution in [0.3, 0.4) is 0 Å². The van der Waals surface area contributed by atoms with Crippen molar-refractivity contribution in [1.82, 2.24) is 4.90 Å². The second-order valence-corrected chi connectivity index (χ2v) is 7.21. The zero-order valence-corrected chi connectivity index (χ0v) is 13.1. The van der Waals surface area contributed by atoms with Crippen LogP contribution in [-0.4, -0.2) is 56.5 Å². The first kappa shape index (κ1) is 15.2. The minimum atomic E-state index is 0.119. The Kier molecular flexibility index (Phi) is 4.26. The Morgan fingerprint density at radius 3 is 2.00 bits per heavy atom. The minimum Gasteiger partial charge on any atom is -0.377 e. The number of nitrogens with two attached hydrogens (primary N) is 1. The second-order valence-electron chi connectivity index (χ2n) is 7.21. The van der Waals surface area contributed by atoms with E-state index in [1.807, 2.05) is 0 Å². The minimum absolute atomic E-state index is 0.119. The molecule has 1 saturated heterocycles. The predicted octanol–water partition coefficient (Wildman–Crippen LogP) is 1.49. The summed E-state index contributed by atoms with van der Waals surface area (Å²) in [6.07, 6.45) is 2.76. The molecule has 0 spiro atoms. The largest absolute Gasteiger partial charge is 0.377 e. The van der Waals surface area contributed by atoms with Gasteiger partial charge >= 0.3 is 0 Å². The van der Waals surface area contributed by atoms with E-state index in [1.165, 1.54) is 12.8 Å². The monoisotopic (exact) mass is 270 g/mol. The number of likely N-dealkylation sites (tertiary alicyclic amines) is 1. The van der Waals surface area contributed by atoms with Crippen LogP contribution >= 0.6 is 0 Å². The highest BCUT2D eigenvalue weighted by atomic mass is 16.5. The third-order valence-corrected chi connectivity index (χ3v) is 5.36. The predicted molar refractivity (Wildman–Crippen MR) is 77.1 cm³/mol. The first-order valence-corrected chi connectivity index (χ1v) is 7.39. The summed E-state index contributed by atoms with van der Waals surface area (Å²) in [7, 11) is 3.55. The molecule has 4 unspecified atom stereocenters. The molecule has 2 N–H and O–H groups in total. The summed E-state index contributed by atoms with van der Waals surface area (Å²) < 4.78 is 11.1. The molecule has 112 valence electrons. The van der Waals surface area contributed by atoms with Crippen molar-refractivity contribution in [2.45, 2.75) is 51.4 Å². The molecule has 0 bridgehead atoms. The van der Waals surface area contributed by atoms with Crippen molar-refractivity contribution in [1.29, 1.82) is 0 Å². The van der Waals surface area contributed by atoms with E-state index in [2.05, 4.69) is 25.7 Å². The molecule has 2 fully saturated rings. The Morgan fingerprint density at radius 1 is 1.16 bits per heavy atom. The van der Waals surface area contributed by atoms with E-state index >= 15 is 0 Å². The fraction of sp³-hybridized carbons (Fsp3) is 1.00. The van der Waals surface area contributed by atoms with E-state index in [0.717, 1.165) is 19.6 Å². The maximum Gasteiger partial charge on any atom is 0.0972 e. The molecule has 19 heavy (non-hydrogen) atoms. The van der Waals surface area contributed by atoms with E-state index in [4.69, 9.17) is 15.2 Å². The zero-order chi connectivity index (χ0) is 14.3. The van der Waals surface area contributed by atoms with Crippen LogP contribution in [0.1, 0.15) is 33.6 Å². The van der Waals surface area contributed by atoms with Gasteiger partial charge in [-0.05, 0) is 24.2 Å². The summed E-state index contributed by atoms with van der Waals surface area (Å²) in [4.78, 5) is 2.54. The average molecular weight is 270 g/mol. The van der Waals surface area contributed by atoms with Gasteiger partial charge in [0, 0.05) is 39.4 Å². The Bertz CT molecular complexity index is 309. The van der Waals surface area contributed by atoms with Crippen molar-refractivity contribution in [3.8, 4) is 0 Å². The van der Waals surface area contributed by atoms with Crippen molar-refractivity contribution in [3.63, 3.8) is 0 Å². The third-order valence-electron chi connectivity index (χ3n) is 5.36. The van der Waals surface area contributed by atoms with Crippen LogP contribution < -0.4 is 5.73 Å². The smallest absolute Gasteiger partial charge is 0.0972 e. The highest BCUT2D eigenvalue weighted by Gasteiger charge is 2.54. The number of nitrogens with zero attached hydrogens (tertiary/aromatic N) is 1. The standard InChI is InChI=1S/C15H30N2O2/c1-11-6-14(2,3)9-15(11,10-16)17-7-12(18-4)13(8-17)19-5/h11-13H,6-10,16H2,1-5H3. The summed E-state index contributed by atoms with van der Waals surface area (Å²) >= 11 is 0. The Labute approximate surface area is 117 Å². The molecule has 1 heterocycles. The van der Waals surface area contributed by atoms with Crippen LogP contribution in [0.5, 0.6) is 0 Å². The lowest BCUT2D eigenvalue weighted by Crippen LogP contribution is -2.55. The average Bonchev–Trinajstić information content (AvgIpc) is 2.87. The SMILES string of the molecule is COC1CN(C2(CN)CC(C)(C)CC2C)CC1OC. The van der Waals surface area contributed by atoms with Gasteiger partial charge in [-0.2, -0.15) is 0 Å². The third kappa shape index (κ3) is 2.56. The molecule has 4 nitrogen and oxygen atoms in total. The molecule has 1 aliphatic heterocycles. The lowest BCUT2D eigenvalue weighted by Gasteiger charge is -2.42. The highest BCUT2D eigenvalue weighted by molar-refractivity contribution is 5.09. The van der Waals surface area contributed by atoms with E-state index in [9.17, 15) is 0 Å². The number of ether oxygens (including phenoxy) is 2. The molecular formula is C15H30N2O2. The highest BCUT2D eigenvalue weighted by Crippen LogP contribution is 2.50. The summed E-state index contributed by atoms with van der Waals surface area (Å²) in [6, 6.07) is 0. The zero-order valence-electron chi connectivity index (χ0n) is 13.1. The number of rotatable bonds is 4. The first-order valence-electron chi connectivity index (χ1n) is 7.39. The molecule has 0 amide bonds. The Hall–Kier alpha value is -0.160. The van der Waals surface area contributed by atoms with Crippen LogP contribution in [0, 0.1) is 11.3 Å². The van der Waals surface area contributed by atoms with Gasteiger partial charge in [-0.3, -0.25) is 4.90 Å². The molecule has 0 aromatic heterocycles. The molecule has 1 saturated carbocycles. The van der Waals surface area contributed by atoms with Gasteiger partial charge in [0.1, 0.15) is 0 Å². The van der Waals surface area contributed by atoms with Gasteiger partial charge in [0.25, 0.3) is 0 Å². The van der Waals surface area contributed by atoms with E-state index in [-0.39, 0.29) is 17.7 Å². The fourth-order valence-corrected chi connectivity index (χ4v) is 4.48. The summed E-state index contributed by atoms with van der Waals surface area (Å²) in [6.45, 7) is 9.67. The van der Waals surface area contributed by atoms with Crippen LogP contribution in [0.4, 0.5) is 0 Å². The molecular weight excluding hydrogens is 240 g/mol. The van der Waals surface area contributed by atoms with E-state index < -0.39 is 0 Å². The summed E-state index contributed by atoms with van der Waals surface area (Å²) in [5.41, 5.74) is 6.71. The molecule has 1 aliphatic carbocycles. The van der Waals surface area contributed by atoms with Crippen molar-refractivity contribution in [3.05, 3.63) is 0 Å². The van der Waals surface area contributed by atoms with Gasteiger partial charge in [-0.1, -0.05) is 20.8 Å². The number of methoxy groups -OCH3 is 2. The van der Waals surface area contributed by atoms with Crippen molar-refractivity contribution >= 4 is 0 Å². The molecule has 2 aliphatic rings. The first-order chi connectivity index (χ1) is 8.88. The normalized spacial score (nSPS) is 42.9. The van der Waals surface area contributed by atoms with Crippen LogP contribution in [0.25, 0.3) is 0 Å². The number of hydrogen-bond acceptors (Lipinski definition) is 4. The molecule has 4 heteroatoms. The van der Waals surface area contributed by atoms with Gasteiger partial charge in [0.15, 0.2) is 0 Å². The lowest BCUT2D eigenvalue weighted by molar-refractivity contribution is -0.00461. The summed E-state index contributed by atoms with van der Waals surface area (Å²) in [5, 5.41) is 0. The maximum atomic E-state index is 6.21. The van der Waals surface area contributed by atoms with Gasteiger partial charge in [-0.15, -0.1) is 0 Å². The Balaban J connectivity index is 2.19. The topological polar surface area (TPSA) is 47.7 Å². The van der Waals surface area contributed by atoms with Crippen LogP contribution in [0.15, 0.2) is 0 Å². The second kappa shape index (κ2) is 5.32. The van der Waals surface area contributed by atoms with Gasteiger partial charge < -0.3 is 15.2 Å². The Morgan fingerprint density at radius 2 is 1.68 bits per heavy atom. The fourth-order valence-electron chi connectivity index (χ4n) is 4.48. The van der Waals surface area contributed by atoms with Crippen molar-refractivity contribution in [2.75, 3.05) is 33.9 Å². The van der Waals surface area contributed by atoms with E-state index in [1.54, 1.807) is 14.2 Å². The summed E-state index contributed by atoms with van der Waals surface area (Å²) in [5.74, 6) is 0.626. The molecule has 0 radical (unpaired) electrons. The molecule has 0 aromatic carbocycles. The molecule has 2 rings (SSSR count). The van der Waals surface area contributed by atoms with Crippen LogP contribution in [0.2, 0.25) is 0 Å². The maximum absolute atomic E-state index is 6.21. The van der Waals surface area contributed by atoms with Crippen LogP contribution in [-0.2, 0) is 9.47 Å². The van der Waals surface area contributed by atoms with Gasteiger partial charge in [0.05, 0.1) is 12.2 Å². The van der Waals surface area contributed by atoms with Crippen molar-refractivity contribution < 1.29 is 9.47 Å². The molecule has 0 aromatic rings. The van der Waals surface area contributed by atoms with E-state index in [0.29, 0.717) is 11.3 Å².